The number of rotatable bonds is 3. The van der Waals surface area contributed by atoms with Gasteiger partial charge in [-0.15, -0.1) is 11.3 Å². The summed E-state index contributed by atoms with van der Waals surface area (Å²) in [7, 11) is 0. The number of quaternary nitrogens is 1. The second kappa shape index (κ2) is 5.14. The molecule has 1 aliphatic rings. The van der Waals surface area contributed by atoms with Gasteiger partial charge in [-0.05, 0) is 29.5 Å². The molecule has 0 radical (unpaired) electrons. The third-order valence-electron chi connectivity index (χ3n) is 4.35. The van der Waals surface area contributed by atoms with Crippen LogP contribution in [0.2, 0.25) is 0 Å². The van der Waals surface area contributed by atoms with Crippen molar-refractivity contribution in [1.82, 2.24) is 0 Å². The fraction of sp³-hybridized carbons (Fsp3) is 0.158. The molecule has 0 bridgehead atoms. The van der Waals surface area contributed by atoms with Crippen LogP contribution in [-0.4, -0.2) is 0 Å². The summed E-state index contributed by atoms with van der Waals surface area (Å²) >= 11 is 1.85. The Morgan fingerprint density at radius 3 is 2.05 bits per heavy atom. The molecule has 2 aromatic carbocycles. The maximum absolute atomic E-state index is 2.50. The molecule has 104 valence electrons. The average Bonchev–Trinajstić information content (AvgIpc) is 3.15. The standard InChI is InChI=1S/C19H17NS/c1-13(18-11-6-12-21-18)20-19-16-9-4-2-7-14(16)15-8-3-5-10-17(15)19/h2-13,19-20H,1H3/p+1/t13-/m0/s1. The molecule has 4 rings (SSSR count). The van der Waals surface area contributed by atoms with Crippen molar-refractivity contribution < 1.29 is 5.32 Å². The highest BCUT2D eigenvalue weighted by molar-refractivity contribution is 7.10. The van der Waals surface area contributed by atoms with Crippen molar-refractivity contribution >= 4 is 11.3 Å². The molecule has 0 spiro atoms. The third kappa shape index (κ3) is 2.11. The predicted octanol–water partition coefficient (Wildman–Crippen LogP) is 4.14. The Labute approximate surface area is 129 Å². The molecular formula is C19H18NS+. The van der Waals surface area contributed by atoms with Gasteiger partial charge in [0.2, 0.25) is 0 Å². The van der Waals surface area contributed by atoms with E-state index in [1.54, 1.807) is 0 Å². The predicted molar refractivity (Wildman–Crippen MR) is 88.4 cm³/mol. The third-order valence-corrected chi connectivity index (χ3v) is 5.43. The van der Waals surface area contributed by atoms with Gasteiger partial charge in [0.1, 0.15) is 12.1 Å². The minimum atomic E-state index is 0.412. The van der Waals surface area contributed by atoms with Gasteiger partial charge in [-0.25, -0.2) is 0 Å². The first-order valence-electron chi connectivity index (χ1n) is 7.41. The minimum Gasteiger partial charge on any atom is -0.330 e. The average molecular weight is 292 g/mol. The van der Waals surface area contributed by atoms with E-state index in [0.29, 0.717) is 12.1 Å². The number of fused-ring (bicyclic) bond motifs is 3. The first kappa shape index (κ1) is 12.8. The SMILES string of the molecule is C[C@H]([NH2+]C1c2ccccc2-c2ccccc21)c1cccs1. The van der Waals surface area contributed by atoms with E-state index in [0.717, 1.165) is 0 Å². The summed E-state index contributed by atoms with van der Waals surface area (Å²) in [5.74, 6) is 0. The van der Waals surface area contributed by atoms with Crippen molar-refractivity contribution in [3.05, 3.63) is 82.0 Å². The van der Waals surface area contributed by atoms with Gasteiger partial charge in [-0.2, -0.15) is 0 Å². The van der Waals surface area contributed by atoms with Gasteiger partial charge in [0, 0.05) is 11.1 Å². The van der Waals surface area contributed by atoms with Crippen LogP contribution in [0.1, 0.15) is 35.0 Å². The Morgan fingerprint density at radius 2 is 1.48 bits per heavy atom. The highest BCUT2D eigenvalue weighted by atomic mass is 32.1. The van der Waals surface area contributed by atoms with Crippen molar-refractivity contribution in [3.63, 3.8) is 0 Å². The van der Waals surface area contributed by atoms with Crippen molar-refractivity contribution in [2.45, 2.75) is 19.0 Å². The molecule has 0 fully saturated rings. The van der Waals surface area contributed by atoms with E-state index in [1.807, 2.05) is 11.3 Å². The van der Waals surface area contributed by atoms with Crippen LogP contribution in [0.5, 0.6) is 0 Å². The maximum atomic E-state index is 2.50. The molecule has 1 heterocycles. The lowest BCUT2D eigenvalue weighted by Crippen LogP contribution is -2.85. The van der Waals surface area contributed by atoms with Crippen LogP contribution < -0.4 is 5.32 Å². The molecule has 0 aliphatic heterocycles. The lowest BCUT2D eigenvalue weighted by atomic mass is 10.0. The number of nitrogens with two attached hydrogens (primary N) is 1. The van der Waals surface area contributed by atoms with Crippen molar-refractivity contribution in [1.29, 1.82) is 0 Å². The second-order valence-corrected chi connectivity index (χ2v) is 6.63. The second-order valence-electron chi connectivity index (χ2n) is 5.65. The van der Waals surface area contributed by atoms with Crippen molar-refractivity contribution in [2.75, 3.05) is 0 Å². The summed E-state index contributed by atoms with van der Waals surface area (Å²) in [5, 5.41) is 4.66. The van der Waals surface area contributed by atoms with E-state index >= 15 is 0 Å². The van der Waals surface area contributed by atoms with Crippen molar-refractivity contribution in [3.8, 4) is 11.1 Å². The van der Waals surface area contributed by atoms with Crippen molar-refractivity contribution in [2.24, 2.45) is 0 Å². The van der Waals surface area contributed by atoms with Gasteiger partial charge in [-0.3, -0.25) is 0 Å². The molecule has 3 aromatic rings. The fourth-order valence-electron chi connectivity index (χ4n) is 3.34. The molecule has 1 atom stereocenters. The molecule has 0 unspecified atom stereocenters. The monoisotopic (exact) mass is 292 g/mol. The molecule has 1 aromatic heterocycles. The van der Waals surface area contributed by atoms with Crippen LogP contribution in [0.4, 0.5) is 0 Å². The topological polar surface area (TPSA) is 16.6 Å². The molecule has 0 amide bonds. The summed E-state index contributed by atoms with van der Waals surface area (Å²) in [6, 6.07) is 22.9. The van der Waals surface area contributed by atoms with Gasteiger partial charge >= 0.3 is 0 Å². The Balaban J connectivity index is 1.75. The van der Waals surface area contributed by atoms with Gasteiger partial charge < -0.3 is 5.32 Å². The fourth-order valence-corrected chi connectivity index (χ4v) is 4.10. The Hall–Kier alpha value is -1.90. The zero-order valence-electron chi connectivity index (χ0n) is 12.0. The number of hydrogen-bond acceptors (Lipinski definition) is 1. The van der Waals surface area contributed by atoms with E-state index in [1.165, 1.54) is 27.1 Å². The van der Waals surface area contributed by atoms with E-state index < -0.39 is 0 Å². The van der Waals surface area contributed by atoms with Gasteiger partial charge in [-0.1, -0.05) is 54.6 Å². The molecule has 21 heavy (non-hydrogen) atoms. The molecule has 0 saturated carbocycles. The Morgan fingerprint density at radius 1 is 0.857 bits per heavy atom. The number of thiophene rings is 1. The molecule has 2 N–H and O–H groups in total. The lowest BCUT2D eigenvalue weighted by molar-refractivity contribution is -0.722. The van der Waals surface area contributed by atoms with Gasteiger partial charge in [0.25, 0.3) is 0 Å². The van der Waals surface area contributed by atoms with Gasteiger partial charge in [0.05, 0.1) is 4.88 Å². The van der Waals surface area contributed by atoms with E-state index in [-0.39, 0.29) is 0 Å². The van der Waals surface area contributed by atoms with Gasteiger partial charge in [0.15, 0.2) is 0 Å². The van der Waals surface area contributed by atoms with Crippen LogP contribution >= 0.6 is 11.3 Å². The first-order chi connectivity index (χ1) is 10.3. The highest BCUT2D eigenvalue weighted by Crippen LogP contribution is 2.41. The maximum Gasteiger partial charge on any atom is 0.139 e. The van der Waals surface area contributed by atoms with E-state index in [4.69, 9.17) is 0 Å². The summed E-state index contributed by atoms with van der Waals surface area (Å²) in [6.07, 6.45) is 0. The van der Waals surface area contributed by atoms with E-state index in [2.05, 4.69) is 78.3 Å². The van der Waals surface area contributed by atoms with Crippen LogP contribution in [0, 0.1) is 0 Å². The van der Waals surface area contributed by atoms with Crippen LogP contribution in [0.25, 0.3) is 11.1 Å². The summed E-state index contributed by atoms with van der Waals surface area (Å²) in [5.41, 5.74) is 5.68. The molecular weight excluding hydrogens is 274 g/mol. The largest absolute Gasteiger partial charge is 0.330 e. The summed E-state index contributed by atoms with van der Waals surface area (Å²) in [6.45, 7) is 2.30. The summed E-state index contributed by atoms with van der Waals surface area (Å²) < 4.78 is 0. The summed E-state index contributed by atoms with van der Waals surface area (Å²) in [4.78, 5) is 1.44. The number of benzene rings is 2. The molecule has 2 heteroatoms. The lowest BCUT2D eigenvalue weighted by Gasteiger charge is -2.17. The first-order valence-corrected chi connectivity index (χ1v) is 8.29. The molecule has 1 aliphatic carbocycles. The zero-order valence-corrected chi connectivity index (χ0v) is 12.8. The smallest absolute Gasteiger partial charge is 0.139 e. The minimum absolute atomic E-state index is 0.412. The molecule has 0 saturated heterocycles. The normalized spacial score (nSPS) is 14.7. The van der Waals surface area contributed by atoms with Crippen LogP contribution in [-0.2, 0) is 0 Å². The van der Waals surface area contributed by atoms with Crippen LogP contribution in [0.3, 0.4) is 0 Å². The zero-order chi connectivity index (χ0) is 14.2. The van der Waals surface area contributed by atoms with Crippen LogP contribution in [0.15, 0.2) is 66.0 Å². The Kier molecular flexibility index (Phi) is 3.13. The molecule has 1 nitrogen and oxygen atoms in total. The number of hydrogen-bond donors (Lipinski definition) is 1. The Bertz CT molecular complexity index is 715. The van der Waals surface area contributed by atoms with E-state index in [9.17, 15) is 0 Å². The quantitative estimate of drug-likeness (QED) is 0.747. The highest BCUT2D eigenvalue weighted by Gasteiger charge is 2.32.